The summed E-state index contributed by atoms with van der Waals surface area (Å²) in [5, 5.41) is 3.13. The molecular weight excluding hydrogens is 343 g/mol. The highest BCUT2D eigenvalue weighted by Gasteiger charge is 2.40. The van der Waals surface area contributed by atoms with E-state index in [0.717, 1.165) is 24.0 Å². The molecule has 4 nitrogen and oxygen atoms in total. The van der Waals surface area contributed by atoms with Crippen molar-refractivity contribution >= 4 is 11.8 Å². The van der Waals surface area contributed by atoms with Crippen molar-refractivity contribution < 1.29 is 14.0 Å². The SMILES string of the molecule is Cc1ccc(C2CN(C(=O)c3ccccc3F)CC2NC(=O)C2CC2)cc1. The molecule has 5 heteroatoms. The molecule has 0 bridgehead atoms. The average Bonchev–Trinajstić information content (AvgIpc) is 3.44. The minimum absolute atomic E-state index is 0.00373. The Bertz CT molecular complexity index is 861. The number of carbonyl (C=O) groups is 2. The number of hydrogen-bond donors (Lipinski definition) is 1. The molecule has 2 atom stereocenters. The highest BCUT2D eigenvalue weighted by atomic mass is 19.1. The maximum Gasteiger partial charge on any atom is 0.256 e. The number of nitrogens with zero attached hydrogens (tertiary/aromatic N) is 1. The second-order valence-corrected chi connectivity index (χ2v) is 7.60. The van der Waals surface area contributed by atoms with Crippen molar-refractivity contribution in [1.82, 2.24) is 10.2 Å². The van der Waals surface area contributed by atoms with Gasteiger partial charge in [-0.15, -0.1) is 0 Å². The summed E-state index contributed by atoms with van der Waals surface area (Å²) in [6.07, 6.45) is 1.87. The van der Waals surface area contributed by atoms with Crippen molar-refractivity contribution in [1.29, 1.82) is 0 Å². The lowest BCUT2D eigenvalue weighted by Gasteiger charge is -2.20. The Balaban J connectivity index is 1.58. The lowest BCUT2D eigenvalue weighted by molar-refractivity contribution is -0.123. The summed E-state index contributed by atoms with van der Waals surface area (Å²) in [4.78, 5) is 26.8. The molecule has 2 fully saturated rings. The van der Waals surface area contributed by atoms with Crippen molar-refractivity contribution in [3.05, 3.63) is 71.0 Å². The van der Waals surface area contributed by atoms with E-state index >= 15 is 0 Å². The van der Waals surface area contributed by atoms with Crippen molar-refractivity contribution in [2.75, 3.05) is 13.1 Å². The summed E-state index contributed by atoms with van der Waals surface area (Å²) in [5.74, 6) is -0.658. The summed E-state index contributed by atoms with van der Waals surface area (Å²) in [5.41, 5.74) is 2.33. The first-order valence-electron chi connectivity index (χ1n) is 9.43. The van der Waals surface area contributed by atoms with Crippen molar-refractivity contribution in [2.24, 2.45) is 5.92 Å². The quantitative estimate of drug-likeness (QED) is 0.903. The van der Waals surface area contributed by atoms with Crippen LogP contribution in [0.4, 0.5) is 4.39 Å². The van der Waals surface area contributed by atoms with Crippen molar-refractivity contribution in [2.45, 2.75) is 31.7 Å². The van der Waals surface area contributed by atoms with Gasteiger partial charge in [0.15, 0.2) is 0 Å². The fourth-order valence-electron chi connectivity index (χ4n) is 3.72. The molecule has 0 spiro atoms. The molecule has 1 saturated carbocycles. The van der Waals surface area contributed by atoms with E-state index in [1.807, 2.05) is 31.2 Å². The highest BCUT2D eigenvalue weighted by molar-refractivity contribution is 5.95. The third-order valence-corrected chi connectivity index (χ3v) is 5.49. The first-order valence-corrected chi connectivity index (χ1v) is 9.43. The predicted molar refractivity (Wildman–Crippen MR) is 101 cm³/mol. The number of halogens is 1. The molecule has 2 aromatic carbocycles. The Morgan fingerprint density at radius 1 is 1.04 bits per heavy atom. The van der Waals surface area contributed by atoms with Gasteiger partial charge in [-0.1, -0.05) is 42.0 Å². The standard InChI is InChI=1S/C22H23FN2O2/c1-14-6-8-15(9-7-14)18-12-25(13-20(18)24-21(26)16-10-11-16)22(27)17-4-2-3-5-19(17)23/h2-9,16,18,20H,10-13H2,1H3,(H,24,26). The van der Waals surface area contributed by atoms with Crippen LogP contribution < -0.4 is 5.32 Å². The van der Waals surface area contributed by atoms with Crippen LogP contribution in [0.25, 0.3) is 0 Å². The van der Waals surface area contributed by atoms with Crippen LogP contribution >= 0.6 is 0 Å². The molecular formula is C22H23FN2O2. The first kappa shape index (κ1) is 17.7. The van der Waals surface area contributed by atoms with Crippen LogP contribution in [0.2, 0.25) is 0 Å². The van der Waals surface area contributed by atoms with Gasteiger partial charge in [-0.05, 0) is 37.5 Å². The third-order valence-electron chi connectivity index (χ3n) is 5.49. The van der Waals surface area contributed by atoms with Crippen LogP contribution in [-0.4, -0.2) is 35.8 Å². The van der Waals surface area contributed by atoms with Crippen LogP contribution in [0.1, 0.15) is 40.2 Å². The second-order valence-electron chi connectivity index (χ2n) is 7.60. The molecule has 2 amide bonds. The number of rotatable bonds is 4. The van der Waals surface area contributed by atoms with Gasteiger partial charge in [0.05, 0.1) is 11.6 Å². The van der Waals surface area contributed by atoms with E-state index in [-0.39, 0.29) is 35.3 Å². The Morgan fingerprint density at radius 3 is 2.41 bits per heavy atom. The number of amides is 2. The van der Waals surface area contributed by atoms with Gasteiger partial charge in [0.1, 0.15) is 5.82 Å². The molecule has 1 N–H and O–H groups in total. The van der Waals surface area contributed by atoms with Gasteiger partial charge in [0.2, 0.25) is 5.91 Å². The molecule has 1 saturated heterocycles. The highest BCUT2D eigenvalue weighted by Crippen LogP contribution is 2.33. The van der Waals surface area contributed by atoms with E-state index in [4.69, 9.17) is 0 Å². The Hall–Kier alpha value is -2.69. The van der Waals surface area contributed by atoms with Gasteiger partial charge in [-0.3, -0.25) is 9.59 Å². The zero-order valence-electron chi connectivity index (χ0n) is 15.3. The van der Waals surface area contributed by atoms with Crippen LogP contribution in [0, 0.1) is 18.7 Å². The fraction of sp³-hybridized carbons (Fsp3) is 0.364. The van der Waals surface area contributed by atoms with Crippen LogP contribution in [0.3, 0.4) is 0 Å². The minimum Gasteiger partial charge on any atom is -0.351 e. The van der Waals surface area contributed by atoms with Gasteiger partial charge in [-0.25, -0.2) is 4.39 Å². The largest absolute Gasteiger partial charge is 0.351 e. The van der Waals surface area contributed by atoms with Gasteiger partial charge in [0.25, 0.3) is 5.91 Å². The molecule has 0 radical (unpaired) electrons. The predicted octanol–water partition coefficient (Wildman–Crippen LogP) is 3.27. The van der Waals surface area contributed by atoms with E-state index in [2.05, 4.69) is 5.32 Å². The molecule has 140 valence electrons. The summed E-state index contributed by atoms with van der Waals surface area (Å²) >= 11 is 0. The molecule has 27 heavy (non-hydrogen) atoms. The number of carbonyl (C=O) groups excluding carboxylic acids is 2. The second kappa shape index (κ2) is 7.14. The zero-order valence-corrected chi connectivity index (χ0v) is 15.3. The average molecular weight is 366 g/mol. The molecule has 1 aliphatic heterocycles. The van der Waals surface area contributed by atoms with E-state index < -0.39 is 5.82 Å². The third kappa shape index (κ3) is 3.72. The Labute approximate surface area is 158 Å². The van der Waals surface area contributed by atoms with E-state index in [0.29, 0.717) is 13.1 Å². The van der Waals surface area contributed by atoms with Crippen molar-refractivity contribution in [3.8, 4) is 0 Å². The van der Waals surface area contributed by atoms with E-state index in [1.165, 1.54) is 12.1 Å². The molecule has 2 unspecified atom stereocenters. The molecule has 1 aliphatic carbocycles. The molecule has 4 rings (SSSR count). The lowest BCUT2D eigenvalue weighted by atomic mass is 9.93. The summed E-state index contributed by atoms with van der Waals surface area (Å²) in [6.45, 7) is 2.88. The van der Waals surface area contributed by atoms with Gasteiger partial charge >= 0.3 is 0 Å². The number of benzene rings is 2. The lowest BCUT2D eigenvalue weighted by Crippen LogP contribution is -2.41. The summed E-state index contributed by atoms with van der Waals surface area (Å²) < 4.78 is 14.1. The molecule has 1 heterocycles. The number of nitrogens with one attached hydrogen (secondary N) is 1. The summed E-state index contributed by atoms with van der Waals surface area (Å²) in [6, 6.07) is 14.1. The molecule has 2 aromatic rings. The topological polar surface area (TPSA) is 49.4 Å². The number of hydrogen-bond acceptors (Lipinski definition) is 2. The summed E-state index contributed by atoms with van der Waals surface area (Å²) in [7, 11) is 0. The maximum atomic E-state index is 14.1. The Kier molecular flexibility index (Phi) is 4.68. The van der Waals surface area contributed by atoms with E-state index in [9.17, 15) is 14.0 Å². The van der Waals surface area contributed by atoms with Crippen molar-refractivity contribution in [3.63, 3.8) is 0 Å². The maximum absolute atomic E-state index is 14.1. The van der Waals surface area contributed by atoms with Gasteiger partial charge in [0, 0.05) is 24.9 Å². The zero-order chi connectivity index (χ0) is 19.0. The Morgan fingerprint density at radius 2 is 1.74 bits per heavy atom. The fourth-order valence-corrected chi connectivity index (χ4v) is 3.72. The monoisotopic (exact) mass is 366 g/mol. The number of likely N-dealkylation sites (tertiary alicyclic amines) is 1. The number of aryl methyl sites for hydroxylation is 1. The van der Waals surface area contributed by atoms with Gasteiger partial charge in [-0.2, -0.15) is 0 Å². The molecule has 2 aliphatic rings. The molecule has 0 aromatic heterocycles. The normalized spacial score (nSPS) is 21.9. The van der Waals surface area contributed by atoms with Crippen LogP contribution in [-0.2, 0) is 4.79 Å². The van der Waals surface area contributed by atoms with Crippen LogP contribution in [0.15, 0.2) is 48.5 Å². The first-order chi connectivity index (χ1) is 13.0. The van der Waals surface area contributed by atoms with E-state index in [1.54, 1.807) is 17.0 Å². The minimum atomic E-state index is -0.514. The van der Waals surface area contributed by atoms with Crippen LogP contribution in [0.5, 0.6) is 0 Å². The van der Waals surface area contributed by atoms with Gasteiger partial charge < -0.3 is 10.2 Å². The smallest absolute Gasteiger partial charge is 0.256 e.